The summed E-state index contributed by atoms with van der Waals surface area (Å²) >= 11 is 1.54. The molecule has 0 amide bonds. The lowest BCUT2D eigenvalue weighted by atomic mass is 10.2. The molecule has 2 rings (SSSR count). The predicted molar refractivity (Wildman–Crippen MR) is 66.0 cm³/mol. The van der Waals surface area contributed by atoms with Crippen LogP contribution in [0, 0.1) is 0 Å². The van der Waals surface area contributed by atoms with Crippen LogP contribution in [0.4, 0.5) is 5.69 Å². The highest BCUT2D eigenvalue weighted by Crippen LogP contribution is 2.31. The maximum Gasteiger partial charge on any atom is 0.177 e. The third-order valence-electron chi connectivity index (χ3n) is 2.63. The highest BCUT2D eigenvalue weighted by Gasteiger charge is 2.20. The molecule has 4 nitrogen and oxygen atoms in total. The van der Waals surface area contributed by atoms with Gasteiger partial charge in [0.05, 0.1) is 10.6 Å². The second kappa shape index (κ2) is 4.25. The van der Waals surface area contributed by atoms with Crippen molar-refractivity contribution in [2.75, 3.05) is 30.5 Å². The van der Waals surface area contributed by atoms with Gasteiger partial charge in [0.1, 0.15) is 5.03 Å². The molecule has 2 heterocycles. The lowest BCUT2D eigenvalue weighted by molar-refractivity contribution is 0.597. The Morgan fingerprint density at radius 3 is 2.56 bits per heavy atom. The summed E-state index contributed by atoms with van der Waals surface area (Å²) in [5.74, 6) is 0. The zero-order valence-electron chi connectivity index (χ0n) is 9.30. The van der Waals surface area contributed by atoms with Crippen molar-refractivity contribution in [2.24, 2.45) is 0 Å². The van der Waals surface area contributed by atoms with Gasteiger partial charge in [0.2, 0.25) is 0 Å². The van der Waals surface area contributed by atoms with Crippen molar-refractivity contribution in [1.82, 2.24) is 4.98 Å². The van der Waals surface area contributed by atoms with Gasteiger partial charge in [-0.2, -0.15) is 0 Å². The molecule has 0 radical (unpaired) electrons. The lowest BCUT2D eigenvalue weighted by Crippen LogP contribution is -2.37. The van der Waals surface area contributed by atoms with E-state index < -0.39 is 9.84 Å². The van der Waals surface area contributed by atoms with E-state index in [1.165, 1.54) is 12.5 Å². The van der Waals surface area contributed by atoms with Gasteiger partial charge in [0.25, 0.3) is 0 Å². The number of pyridine rings is 1. The maximum absolute atomic E-state index is 11.4. The fraction of sp³-hybridized carbons (Fsp3) is 0.500. The van der Waals surface area contributed by atoms with Gasteiger partial charge in [-0.15, -0.1) is 11.8 Å². The Kier molecular flexibility index (Phi) is 3.12. The summed E-state index contributed by atoms with van der Waals surface area (Å²) in [4.78, 5) is 6.67. The van der Waals surface area contributed by atoms with E-state index in [0.717, 1.165) is 30.2 Å². The summed E-state index contributed by atoms with van der Waals surface area (Å²) in [6.45, 7) is 1.98. The Balaban J connectivity index is 2.46. The maximum atomic E-state index is 11.4. The molecular formula is C10H14N2O2S2. The van der Waals surface area contributed by atoms with E-state index in [-0.39, 0.29) is 0 Å². The molecule has 88 valence electrons. The van der Waals surface area contributed by atoms with Gasteiger partial charge < -0.3 is 4.90 Å². The van der Waals surface area contributed by atoms with Crippen LogP contribution in [0.5, 0.6) is 0 Å². The minimum Gasteiger partial charge on any atom is -0.369 e. The minimum absolute atomic E-state index is 0.298. The molecular weight excluding hydrogens is 244 g/mol. The molecule has 16 heavy (non-hydrogen) atoms. The number of thioether (sulfide) groups is 1. The van der Waals surface area contributed by atoms with E-state index in [1.54, 1.807) is 17.8 Å². The number of nitrogens with zero attached hydrogens (tertiary/aromatic N) is 2. The van der Waals surface area contributed by atoms with Crippen LogP contribution in [0.2, 0.25) is 0 Å². The molecule has 0 bridgehead atoms. The van der Waals surface area contributed by atoms with Gasteiger partial charge in [0.15, 0.2) is 9.84 Å². The number of hydrogen-bond donors (Lipinski definition) is 0. The van der Waals surface area contributed by atoms with Crippen molar-refractivity contribution in [1.29, 1.82) is 0 Å². The molecule has 6 heteroatoms. The molecule has 0 spiro atoms. The van der Waals surface area contributed by atoms with Crippen molar-refractivity contribution >= 4 is 27.3 Å². The van der Waals surface area contributed by atoms with Gasteiger partial charge in [0, 0.05) is 25.5 Å². The summed E-state index contributed by atoms with van der Waals surface area (Å²) in [5, 5.41) is 0.895. The Hall–Kier alpha value is -0.750. The zero-order chi connectivity index (χ0) is 11.8. The number of sulfone groups is 1. The van der Waals surface area contributed by atoms with E-state index in [9.17, 15) is 8.42 Å². The smallest absolute Gasteiger partial charge is 0.177 e. The number of anilines is 1. The van der Waals surface area contributed by atoms with Crippen LogP contribution in [0.15, 0.2) is 22.2 Å². The SMILES string of the molecule is CSc1ncc(S(C)(=O)=O)cc1N1CCC1. The zero-order valence-corrected chi connectivity index (χ0v) is 10.9. The molecule has 0 unspecified atom stereocenters. The van der Waals surface area contributed by atoms with Crippen LogP contribution in [0.1, 0.15) is 6.42 Å². The molecule has 0 aromatic carbocycles. The molecule has 1 aromatic rings. The summed E-state index contributed by atoms with van der Waals surface area (Å²) in [6.07, 6.45) is 5.76. The quantitative estimate of drug-likeness (QED) is 0.767. The fourth-order valence-electron chi connectivity index (χ4n) is 1.57. The summed E-state index contributed by atoms with van der Waals surface area (Å²) < 4.78 is 22.9. The lowest BCUT2D eigenvalue weighted by Gasteiger charge is -2.34. The molecule has 0 aliphatic carbocycles. The third kappa shape index (κ3) is 2.17. The second-order valence-corrected chi connectivity index (χ2v) is 6.62. The normalized spacial score (nSPS) is 16.0. The van der Waals surface area contributed by atoms with Crippen LogP contribution in [-0.4, -0.2) is 39.0 Å². The molecule has 1 saturated heterocycles. The van der Waals surface area contributed by atoms with E-state index in [4.69, 9.17) is 0 Å². The van der Waals surface area contributed by atoms with Crippen LogP contribution >= 0.6 is 11.8 Å². The van der Waals surface area contributed by atoms with Crippen LogP contribution in [0.3, 0.4) is 0 Å². The minimum atomic E-state index is -3.17. The fourth-order valence-corrected chi connectivity index (χ4v) is 2.69. The van der Waals surface area contributed by atoms with Gasteiger partial charge in [-0.3, -0.25) is 0 Å². The Morgan fingerprint density at radius 2 is 2.12 bits per heavy atom. The van der Waals surface area contributed by atoms with E-state index >= 15 is 0 Å². The Morgan fingerprint density at radius 1 is 1.44 bits per heavy atom. The number of rotatable bonds is 3. The van der Waals surface area contributed by atoms with Gasteiger partial charge in [-0.1, -0.05) is 0 Å². The first-order valence-corrected chi connectivity index (χ1v) is 8.13. The van der Waals surface area contributed by atoms with Crippen molar-refractivity contribution < 1.29 is 8.42 Å². The number of aromatic nitrogens is 1. The van der Waals surface area contributed by atoms with Crippen molar-refractivity contribution in [3.05, 3.63) is 12.3 Å². The van der Waals surface area contributed by atoms with Crippen LogP contribution in [0.25, 0.3) is 0 Å². The first-order chi connectivity index (χ1) is 7.52. The topological polar surface area (TPSA) is 50.3 Å². The third-order valence-corrected chi connectivity index (χ3v) is 4.41. The summed E-state index contributed by atoms with van der Waals surface area (Å²) in [6, 6.07) is 1.73. The standard InChI is InChI=1S/C10H14N2O2S2/c1-15-10-9(12-4-3-5-12)6-8(7-11-10)16(2,13)14/h6-7H,3-5H2,1-2H3. The van der Waals surface area contributed by atoms with E-state index in [0.29, 0.717) is 4.90 Å². The first-order valence-electron chi connectivity index (χ1n) is 5.01. The van der Waals surface area contributed by atoms with Crippen LogP contribution in [-0.2, 0) is 9.84 Å². The van der Waals surface area contributed by atoms with Gasteiger partial charge in [-0.25, -0.2) is 13.4 Å². The summed E-state index contributed by atoms with van der Waals surface area (Å²) in [7, 11) is -3.17. The molecule has 0 atom stereocenters. The Bertz CT molecular complexity index is 496. The largest absolute Gasteiger partial charge is 0.369 e. The number of hydrogen-bond acceptors (Lipinski definition) is 5. The molecule has 1 fully saturated rings. The van der Waals surface area contributed by atoms with Crippen molar-refractivity contribution in [3.63, 3.8) is 0 Å². The average Bonchev–Trinajstić information content (AvgIpc) is 2.13. The molecule has 1 aromatic heterocycles. The van der Waals surface area contributed by atoms with Crippen molar-refractivity contribution in [2.45, 2.75) is 16.3 Å². The summed E-state index contributed by atoms with van der Waals surface area (Å²) in [5.41, 5.74) is 0.946. The van der Waals surface area contributed by atoms with Crippen molar-refractivity contribution in [3.8, 4) is 0 Å². The molecule has 0 N–H and O–H groups in total. The second-order valence-electron chi connectivity index (χ2n) is 3.81. The average molecular weight is 258 g/mol. The van der Waals surface area contributed by atoms with E-state index in [2.05, 4.69) is 9.88 Å². The molecule has 1 aliphatic heterocycles. The van der Waals surface area contributed by atoms with Gasteiger partial charge in [-0.05, 0) is 18.7 Å². The van der Waals surface area contributed by atoms with Crippen LogP contribution < -0.4 is 4.90 Å². The molecule has 1 aliphatic rings. The monoisotopic (exact) mass is 258 g/mol. The highest BCUT2D eigenvalue weighted by atomic mass is 32.2. The molecule has 0 saturated carbocycles. The first kappa shape index (κ1) is 11.7. The predicted octanol–water partition coefficient (Wildman–Crippen LogP) is 1.42. The highest BCUT2D eigenvalue weighted by molar-refractivity contribution is 7.98. The van der Waals surface area contributed by atoms with Gasteiger partial charge >= 0.3 is 0 Å². The van der Waals surface area contributed by atoms with E-state index in [1.807, 2.05) is 6.26 Å². The Labute approximate surface area is 100.0 Å².